The second-order valence-electron chi connectivity index (χ2n) is 5.75. The van der Waals surface area contributed by atoms with Crippen molar-refractivity contribution in [1.29, 1.82) is 0 Å². The Labute approximate surface area is 161 Å². The molecular formula is C21H18FN3O3. The summed E-state index contributed by atoms with van der Waals surface area (Å²) in [5, 5.41) is 6.88. The number of carbonyl (C=O) groups is 2. The van der Waals surface area contributed by atoms with Crippen LogP contribution >= 0.6 is 0 Å². The second-order valence-corrected chi connectivity index (χ2v) is 5.75. The highest BCUT2D eigenvalue weighted by atomic mass is 19.1. The maximum Gasteiger partial charge on any atom is 0.343 e. The highest BCUT2D eigenvalue weighted by Gasteiger charge is 2.20. The van der Waals surface area contributed by atoms with Crippen molar-refractivity contribution in [2.24, 2.45) is 0 Å². The third kappa shape index (κ3) is 4.50. The Balaban J connectivity index is 1.88. The first-order valence-corrected chi connectivity index (χ1v) is 8.63. The molecule has 1 amide bonds. The van der Waals surface area contributed by atoms with Crippen LogP contribution in [-0.2, 0) is 9.53 Å². The Morgan fingerprint density at radius 1 is 1.14 bits per heavy atom. The highest BCUT2D eigenvalue weighted by molar-refractivity contribution is 6.05. The van der Waals surface area contributed by atoms with Gasteiger partial charge in [-0.05, 0) is 42.8 Å². The van der Waals surface area contributed by atoms with Gasteiger partial charge in [0.2, 0.25) is 5.91 Å². The minimum Gasteiger partial charge on any atom is -0.462 e. The quantitative estimate of drug-likeness (QED) is 0.522. The first kappa shape index (κ1) is 19.0. The van der Waals surface area contributed by atoms with Gasteiger partial charge in [-0.2, -0.15) is 5.10 Å². The van der Waals surface area contributed by atoms with E-state index in [0.29, 0.717) is 11.3 Å². The minimum absolute atomic E-state index is 0.147. The molecule has 28 heavy (non-hydrogen) atoms. The molecule has 1 N–H and O–H groups in total. The Morgan fingerprint density at radius 3 is 2.54 bits per heavy atom. The molecule has 0 bridgehead atoms. The van der Waals surface area contributed by atoms with E-state index in [4.69, 9.17) is 4.74 Å². The number of anilines is 1. The molecule has 142 valence electrons. The van der Waals surface area contributed by atoms with Crippen molar-refractivity contribution in [1.82, 2.24) is 9.78 Å². The average Bonchev–Trinajstić information content (AvgIpc) is 3.12. The molecule has 0 aliphatic carbocycles. The summed E-state index contributed by atoms with van der Waals surface area (Å²) in [6.07, 6.45) is 4.19. The van der Waals surface area contributed by atoms with E-state index in [-0.39, 0.29) is 23.8 Å². The molecule has 0 aliphatic heterocycles. The first-order valence-electron chi connectivity index (χ1n) is 8.63. The summed E-state index contributed by atoms with van der Waals surface area (Å²) in [4.78, 5) is 24.6. The van der Waals surface area contributed by atoms with Gasteiger partial charge in [0, 0.05) is 6.08 Å². The zero-order valence-electron chi connectivity index (χ0n) is 15.1. The summed E-state index contributed by atoms with van der Waals surface area (Å²) in [7, 11) is 0. The van der Waals surface area contributed by atoms with E-state index in [1.54, 1.807) is 37.3 Å². The van der Waals surface area contributed by atoms with Gasteiger partial charge in [0.1, 0.15) is 11.4 Å². The molecule has 0 unspecified atom stereocenters. The number of hydrogen-bond acceptors (Lipinski definition) is 4. The lowest BCUT2D eigenvalue weighted by atomic mass is 10.2. The summed E-state index contributed by atoms with van der Waals surface area (Å²) < 4.78 is 19.5. The predicted octanol–water partition coefficient (Wildman–Crippen LogP) is 3.84. The number of rotatable bonds is 6. The molecule has 0 fully saturated rings. The molecule has 0 atom stereocenters. The van der Waals surface area contributed by atoms with Gasteiger partial charge in [-0.15, -0.1) is 0 Å². The highest BCUT2D eigenvalue weighted by Crippen LogP contribution is 2.21. The van der Waals surface area contributed by atoms with Crippen LogP contribution in [0.3, 0.4) is 0 Å². The minimum atomic E-state index is -0.581. The van der Waals surface area contributed by atoms with Crippen LogP contribution < -0.4 is 5.32 Å². The van der Waals surface area contributed by atoms with Crippen LogP contribution in [0.25, 0.3) is 11.8 Å². The number of nitrogens with one attached hydrogen (secondary N) is 1. The molecule has 6 nitrogen and oxygen atoms in total. The zero-order chi connectivity index (χ0) is 19.9. The number of benzene rings is 2. The topological polar surface area (TPSA) is 73.2 Å². The predicted molar refractivity (Wildman–Crippen MR) is 104 cm³/mol. The first-order chi connectivity index (χ1) is 13.6. The lowest BCUT2D eigenvalue weighted by molar-refractivity contribution is -0.111. The number of esters is 1. The third-order valence-corrected chi connectivity index (χ3v) is 3.80. The summed E-state index contributed by atoms with van der Waals surface area (Å²) in [5.74, 6) is -1.19. The maximum absolute atomic E-state index is 13.0. The Hall–Kier alpha value is -3.74. The van der Waals surface area contributed by atoms with Crippen LogP contribution in [-0.4, -0.2) is 28.3 Å². The lowest BCUT2D eigenvalue weighted by Gasteiger charge is -2.09. The summed E-state index contributed by atoms with van der Waals surface area (Å²) >= 11 is 0. The van der Waals surface area contributed by atoms with Crippen molar-refractivity contribution in [3.63, 3.8) is 0 Å². The maximum atomic E-state index is 13.0. The van der Waals surface area contributed by atoms with Crippen molar-refractivity contribution < 1.29 is 18.7 Å². The van der Waals surface area contributed by atoms with Gasteiger partial charge in [0.25, 0.3) is 0 Å². The molecule has 2 aromatic carbocycles. The molecule has 0 saturated carbocycles. The fourth-order valence-electron chi connectivity index (χ4n) is 2.50. The number of nitrogens with zero attached hydrogens (tertiary/aromatic N) is 2. The molecule has 1 aromatic heterocycles. The Morgan fingerprint density at radius 2 is 1.86 bits per heavy atom. The number of hydrogen-bond donors (Lipinski definition) is 1. The van der Waals surface area contributed by atoms with E-state index < -0.39 is 11.9 Å². The molecule has 3 aromatic rings. The summed E-state index contributed by atoms with van der Waals surface area (Å²) in [6.45, 7) is 1.90. The molecule has 1 heterocycles. The molecule has 0 spiro atoms. The molecular weight excluding hydrogens is 361 g/mol. The van der Waals surface area contributed by atoms with Gasteiger partial charge in [-0.25, -0.2) is 13.9 Å². The number of halogens is 1. The van der Waals surface area contributed by atoms with Gasteiger partial charge in [0.05, 0.1) is 18.5 Å². The van der Waals surface area contributed by atoms with Gasteiger partial charge < -0.3 is 10.1 Å². The smallest absolute Gasteiger partial charge is 0.343 e. The number of carbonyl (C=O) groups excluding carboxylic acids is 2. The Kier molecular flexibility index (Phi) is 5.96. The number of para-hydroxylation sites is 1. The van der Waals surface area contributed by atoms with Gasteiger partial charge in [-0.3, -0.25) is 4.79 Å². The fourth-order valence-corrected chi connectivity index (χ4v) is 2.50. The monoisotopic (exact) mass is 379 g/mol. The molecule has 0 aliphatic rings. The van der Waals surface area contributed by atoms with E-state index in [2.05, 4.69) is 10.4 Å². The number of aromatic nitrogens is 2. The molecule has 7 heteroatoms. The van der Waals surface area contributed by atoms with Crippen molar-refractivity contribution in [2.45, 2.75) is 6.92 Å². The van der Waals surface area contributed by atoms with E-state index in [0.717, 1.165) is 0 Å². The summed E-state index contributed by atoms with van der Waals surface area (Å²) in [5.41, 5.74) is 1.49. The molecule has 3 rings (SSSR count). The number of amides is 1. The average molecular weight is 379 g/mol. The standard InChI is InChI=1S/C21H18FN3O3/c1-2-28-21(27)18-14-23-25(17-6-4-3-5-7-17)20(18)24-19(26)13-10-15-8-11-16(22)12-9-15/h3-14H,2H2,1H3,(H,24,26)/b13-10+. The fraction of sp³-hybridized carbons (Fsp3) is 0.0952. The van der Waals surface area contributed by atoms with Crippen LogP contribution in [0.5, 0.6) is 0 Å². The third-order valence-electron chi connectivity index (χ3n) is 3.80. The largest absolute Gasteiger partial charge is 0.462 e. The molecule has 0 radical (unpaired) electrons. The van der Waals surface area contributed by atoms with E-state index in [1.165, 1.54) is 29.1 Å². The van der Waals surface area contributed by atoms with Crippen LogP contribution in [0, 0.1) is 5.82 Å². The lowest BCUT2D eigenvalue weighted by Crippen LogP contribution is -2.16. The van der Waals surface area contributed by atoms with Gasteiger partial charge >= 0.3 is 5.97 Å². The summed E-state index contributed by atoms with van der Waals surface area (Å²) in [6, 6.07) is 14.8. The van der Waals surface area contributed by atoms with Crippen molar-refractivity contribution in [3.05, 3.63) is 83.8 Å². The normalized spacial score (nSPS) is 10.8. The SMILES string of the molecule is CCOC(=O)c1cnn(-c2ccccc2)c1NC(=O)/C=C/c1ccc(F)cc1. The van der Waals surface area contributed by atoms with Gasteiger partial charge in [0.15, 0.2) is 5.82 Å². The van der Waals surface area contributed by atoms with E-state index >= 15 is 0 Å². The van der Waals surface area contributed by atoms with Gasteiger partial charge in [-0.1, -0.05) is 30.3 Å². The number of ether oxygens (including phenoxy) is 1. The van der Waals surface area contributed by atoms with E-state index in [9.17, 15) is 14.0 Å². The van der Waals surface area contributed by atoms with Crippen molar-refractivity contribution in [3.8, 4) is 5.69 Å². The Bertz CT molecular complexity index is 995. The van der Waals surface area contributed by atoms with Crippen LogP contribution in [0.15, 0.2) is 66.9 Å². The molecule has 0 saturated heterocycles. The van der Waals surface area contributed by atoms with Crippen LogP contribution in [0.1, 0.15) is 22.8 Å². The van der Waals surface area contributed by atoms with Crippen LogP contribution in [0.2, 0.25) is 0 Å². The van der Waals surface area contributed by atoms with E-state index in [1.807, 2.05) is 18.2 Å². The zero-order valence-corrected chi connectivity index (χ0v) is 15.1. The van der Waals surface area contributed by atoms with Crippen molar-refractivity contribution in [2.75, 3.05) is 11.9 Å². The second kappa shape index (κ2) is 8.77. The van der Waals surface area contributed by atoms with Crippen molar-refractivity contribution >= 4 is 23.8 Å². The van der Waals surface area contributed by atoms with Crippen LogP contribution in [0.4, 0.5) is 10.2 Å².